The van der Waals surface area contributed by atoms with Crippen LogP contribution in [0.25, 0.3) is 10.9 Å². The largest absolute Gasteiger partial charge is 0.378 e. The topological polar surface area (TPSA) is 60.9 Å². The Labute approximate surface area is 212 Å². The summed E-state index contributed by atoms with van der Waals surface area (Å²) in [7, 11) is 1.78. The van der Waals surface area contributed by atoms with Gasteiger partial charge >= 0.3 is 0 Å². The van der Waals surface area contributed by atoms with Crippen molar-refractivity contribution < 1.29 is 9.53 Å². The highest BCUT2D eigenvalue weighted by Crippen LogP contribution is 2.50. The Bertz CT molecular complexity index is 1400. The number of rotatable bonds is 4. The molecule has 3 heterocycles. The maximum atomic E-state index is 14.0. The Morgan fingerprint density at radius 1 is 1.08 bits per heavy atom. The van der Waals surface area contributed by atoms with Crippen LogP contribution in [0.5, 0.6) is 0 Å². The zero-order valence-electron chi connectivity index (χ0n) is 21.4. The highest BCUT2D eigenvalue weighted by molar-refractivity contribution is 6.20. The minimum absolute atomic E-state index is 0.158. The highest BCUT2D eigenvalue weighted by atomic mass is 16.5. The van der Waals surface area contributed by atoms with E-state index in [1.807, 2.05) is 12.3 Å². The molecular formula is C30H34N4O2. The van der Waals surface area contributed by atoms with E-state index in [2.05, 4.69) is 57.9 Å². The van der Waals surface area contributed by atoms with E-state index >= 15 is 0 Å². The number of fused-ring (bicyclic) bond motifs is 4. The second kappa shape index (κ2) is 8.02. The third-order valence-electron chi connectivity index (χ3n) is 8.85. The first-order valence-corrected chi connectivity index (χ1v) is 13.3. The van der Waals surface area contributed by atoms with Gasteiger partial charge in [-0.1, -0.05) is 26.0 Å². The molecule has 0 unspecified atom stereocenters. The minimum Gasteiger partial charge on any atom is -0.378 e. The van der Waals surface area contributed by atoms with Gasteiger partial charge in [0.25, 0.3) is 0 Å². The fraction of sp³-hybridized carbons (Fsp3) is 0.467. The van der Waals surface area contributed by atoms with Crippen molar-refractivity contribution >= 4 is 28.6 Å². The average Bonchev–Trinajstić information content (AvgIpc) is 3.61. The van der Waals surface area contributed by atoms with Gasteiger partial charge < -0.3 is 14.6 Å². The first-order valence-electron chi connectivity index (χ1n) is 13.3. The van der Waals surface area contributed by atoms with E-state index in [4.69, 9.17) is 4.74 Å². The van der Waals surface area contributed by atoms with Crippen LogP contribution in [0, 0.1) is 0 Å². The molecule has 6 nitrogen and oxygen atoms in total. The number of anilines is 1. The second-order valence-corrected chi connectivity index (χ2v) is 11.5. The molecule has 3 fully saturated rings. The number of aliphatic imine (C=N–C) groups is 1. The SMILES string of the molecule is C/N=C\c1ccc2c3c([nH]c2c1)C(C)(C)c1cc(N2CCN(C4COC4)CC2)c(C2CC2)cc1C3=O. The number of aromatic amines is 1. The smallest absolute Gasteiger partial charge is 0.195 e. The van der Waals surface area contributed by atoms with Crippen molar-refractivity contribution in [1.82, 2.24) is 9.88 Å². The number of hydrogen-bond donors (Lipinski definition) is 1. The molecule has 2 aliphatic carbocycles. The number of carbonyl (C=O) groups excluding carboxylic acids is 1. The predicted octanol–water partition coefficient (Wildman–Crippen LogP) is 4.49. The molecule has 1 N–H and O–H groups in total. The molecule has 3 aromatic rings. The van der Waals surface area contributed by atoms with Crippen LogP contribution < -0.4 is 4.90 Å². The monoisotopic (exact) mass is 482 g/mol. The summed E-state index contributed by atoms with van der Waals surface area (Å²) >= 11 is 0. The average molecular weight is 483 g/mol. The molecule has 2 aromatic carbocycles. The fourth-order valence-corrected chi connectivity index (χ4v) is 6.49. The first kappa shape index (κ1) is 22.3. The zero-order valence-corrected chi connectivity index (χ0v) is 21.4. The predicted molar refractivity (Wildman–Crippen MR) is 144 cm³/mol. The van der Waals surface area contributed by atoms with Crippen LogP contribution in [0.15, 0.2) is 35.3 Å². The van der Waals surface area contributed by atoms with Crippen molar-refractivity contribution in [3.63, 3.8) is 0 Å². The summed E-state index contributed by atoms with van der Waals surface area (Å²) in [5, 5.41) is 1.01. The van der Waals surface area contributed by atoms with E-state index in [0.29, 0.717) is 12.0 Å². The van der Waals surface area contributed by atoms with Crippen molar-refractivity contribution in [2.45, 2.75) is 44.1 Å². The number of ether oxygens (including phenoxy) is 1. The normalized spacial score (nSPS) is 22.2. The summed E-state index contributed by atoms with van der Waals surface area (Å²) in [6, 6.07) is 11.4. The van der Waals surface area contributed by atoms with Gasteiger partial charge in [0.2, 0.25) is 0 Å². The van der Waals surface area contributed by atoms with Gasteiger partial charge in [-0.3, -0.25) is 14.7 Å². The van der Waals surface area contributed by atoms with E-state index in [0.717, 1.165) is 78.2 Å². The van der Waals surface area contributed by atoms with Crippen LogP contribution in [-0.4, -0.2) is 74.4 Å². The second-order valence-electron chi connectivity index (χ2n) is 11.5. The molecule has 7 rings (SSSR count). The van der Waals surface area contributed by atoms with Crippen LogP contribution >= 0.6 is 0 Å². The standard InChI is InChI=1S/C30H34N4O2/c1-30(2)24-14-26(34-10-8-33(9-11-34)20-16-36-17-20)22(19-5-6-19)13-23(24)28(35)27-21-7-4-18(15-31-3)12-25(21)32-29(27)30/h4,7,12-15,19-20,32H,5-6,8-11,16-17H2,1-3H3/b31-15-. The number of ketones is 1. The number of nitrogens with one attached hydrogen (secondary N) is 1. The van der Waals surface area contributed by atoms with Gasteiger partial charge in [-0.05, 0) is 53.6 Å². The molecule has 0 radical (unpaired) electrons. The number of aromatic nitrogens is 1. The summed E-state index contributed by atoms with van der Waals surface area (Å²) in [5.74, 6) is 0.741. The van der Waals surface area contributed by atoms with E-state index in [-0.39, 0.29) is 11.2 Å². The van der Waals surface area contributed by atoms with Crippen molar-refractivity contribution in [2.24, 2.45) is 4.99 Å². The van der Waals surface area contributed by atoms with Crippen molar-refractivity contribution in [3.05, 3.63) is 63.8 Å². The van der Waals surface area contributed by atoms with E-state index in [9.17, 15) is 4.79 Å². The van der Waals surface area contributed by atoms with Gasteiger partial charge in [-0.15, -0.1) is 0 Å². The Hall–Kier alpha value is -2.96. The van der Waals surface area contributed by atoms with Crippen LogP contribution in [0.3, 0.4) is 0 Å². The van der Waals surface area contributed by atoms with Gasteiger partial charge in [0, 0.05) is 72.7 Å². The van der Waals surface area contributed by atoms with Gasteiger partial charge in [0.15, 0.2) is 5.78 Å². The maximum Gasteiger partial charge on any atom is 0.195 e. The molecule has 186 valence electrons. The lowest BCUT2D eigenvalue weighted by molar-refractivity contribution is -0.0660. The molecule has 0 spiro atoms. The Morgan fingerprint density at radius 2 is 1.86 bits per heavy atom. The molecule has 36 heavy (non-hydrogen) atoms. The molecule has 0 atom stereocenters. The number of nitrogens with zero attached hydrogens (tertiary/aromatic N) is 3. The van der Waals surface area contributed by atoms with Gasteiger partial charge in [0.1, 0.15) is 0 Å². The fourth-order valence-electron chi connectivity index (χ4n) is 6.49. The zero-order chi connectivity index (χ0) is 24.6. The van der Waals surface area contributed by atoms with E-state index < -0.39 is 0 Å². The minimum atomic E-state index is -0.293. The van der Waals surface area contributed by atoms with Crippen LogP contribution in [0.2, 0.25) is 0 Å². The van der Waals surface area contributed by atoms with Crippen LogP contribution in [0.4, 0.5) is 5.69 Å². The molecule has 6 heteroatoms. The molecule has 2 aliphatic heterocycles. The Morgan fingerprint density at radius 3 is 2.53 bits per heavy atom. The first-order chi connectivity index (χ1) is 17.5. The molecular weight excluding hydrogens is 448 g/mol. The number of hydrogen-bond acceptors (Lipinski definition) is 5. The van der Waals surface area contributed by atoms with Gasteiger partial charge in [-0.2, -0.15) is 0 Å². The quantitative estimate of drug-likeness (QED) is 0.557. The molecule has 0 bridgehead atoms. The highest BCUT2D eigenvalue weighted by Gasteiger charge is 2.42. The van der Waals surface area contributed by atoms with Crippen molar-refractivity contribution in [1.29, 1.82) is 0 Å². The lowest BCUT2D eigenvalue weighted by Crippen LogP contribution is -2.56. The number of benzene rings is 2. The summed E-state index contributed by atoms with van der Waals surface area (Å²) in [6.45, 7) is 10.5. The van der Waals surface area contributed by atoms with Gasteiger partial charge in [-0.25, -0.2) is 0 Å². The van der Waals surface area contributed by atoms with Gasteiger partial charge in [0.05, 0.1) is 24.8 Å². The molecule has 0 amide bonds. The number of H-pyrrole nitrogens is 1. The number of piperazine rings is 1. The Kier molecular flexibility index (Phi) is 4.96. The summed E-state index contributed by atoms with van der Waals surface area (Å²) < 4.78 is 5.43. The van der Waals surface area contributed by atoms with Crippen molar-refractivity contribution in [2.75, 3.05) is 51.3 Å². The summed E-state index contributed by atoms with van der Waals surface area (Å²) in [4.78, 5) is 27.0. The van der Waals surface area contributed by atoms with Crippen LogP contribution in [0.1, 0.15) is 70.9 Å². The van der Waals surface area contributed by atoms with Crippen LogP contribution in [-0.2, 0) is 10.2 Å². The maximum absolute atomic E-state index is 14.0. The molecule has 1 aromatic heterocycles. The van der Waals surface area contributed by atoms with E-state index in [1.165, 1.54) is 24.1 Å². The van der Waals surface area contributed by atoms with Crippen molar-refractivity contribution in [3.8, 4) is 0 Å². The third-order valence-corrected chi connectivity index (χ3v) is 8.85. The molecule has 4 aliphatic rings. The summed E-state index contributed by atoms with van der Waals surface area (Å²) in [6.07, 6.45) is 4.30. The summed E-state index contributed by atoms with van der Waals surface area (Å²) in [5.41, 5.74) is 8.39. The lowest BCUT2D eigenvalue weighted by atomic mass is 9.70. The van der Waals surface area contributed by atoms with E-state index in [1.54, 1.807) is 7.05 Å². The number of carbonyl (C=O) groups is 1. The molecule has 2 saturated heterocycles. The Balaban J connectivity index is 1.31. The third kappa shape index (κ3) is 3.31. The lowest BCUT2D eigenvalue weighted by Gasteiger charge is -2.44. The molecule has 1 saturated carbocycles.